The number of anilines is 1. The molecule has 0 aliphatic carbocycles. The second kappa shape index (κ2) is 6.25. The summed E-state index contributed by atoms with van der Waals surface area (Å²) in [7, 11) is -3.96. The summed E-state index contributed by atoms with van der Waals surface area (Å²) in [5.41, 5.74) is -0.236. The monoisotopic (exact) mass is 344 g/mol. The van der Waals surface area contributed by atoms with Crippen molar-refractivity contribution in [2.45, 2.75) is 18.7 Å². The molecular formula is C14H17FN2O5S. The van der Waals surface area contributed by atoms with Crippen LogP contribution in [-0.4, -0.2) is 42.8 Å². The Morgan fingerprint density at radius 2 is 2.00 bits per heavy atom. The number of carboxylic acid groups (broad SMARTS) is 1. The number of rotatable bonds is 4. The van der Waals surface area contributed by atoms with E-state index in [1.165, 1.54) is 6.92 Å². The normalized spacial score (nSPS) is 22.0. The van der Waals surface area contributed by atoms with Crippen LogP contribution < -0.4 is 5.32 Å². The molecule has 7 nitrogen and oxygen atoms in total. The number of hydrogen-bond acceptors (Lipinski definition) is 4. The molecule has 0 bridgehead atoms. The van der Waals surface area contributed by atoms with E-state index < -0.39 is 33.6 Å². The van der Waals surface area contributed by atoms with E-state index >= 15 is 0 Å². The lowest BCUT2D eigenvalue weighted by Gasteiger charge is -2.17. The Balaban J connectivity index is 2.34. The summed E-state index contributed by atoms with van der Waals surface area (Å²) < 4.78 is 39.9. The second-order valence-corrected chi connectivity index (χ2v) is 7.50. The van der Waals surface area contributed by atoms with Crippen molar-refractivity contribution in [1.82, 2.24) is 4.31 Å². The molecular weight excluding hydrogens is 327 g/mol. The number of aliphatic carboxylic acids is 1. The van der Waals surface area contributed by atoms with Crippen molar-refractivity contribution in [3.8, 4) is 0 Å². The summed E-state index contributed by atoms with van der Waals surface area (Å²) >= 11 is 0. The van der Waals surface area contributed by atoms with Gasteiger partial charge in [0.15, 0.2) is 0 Å². The Labute approximate surface area is 133 Å². The maximum Gasteiger partial charge on any atom is 0.308 e. The molecule has 9 heteroatoms. The van der Waals surface area contributed by atoms with Crippen molar-refractivity contribution in [2.24, 2.45) is 11.8 Å². The first-order chi connectivity index (χ1) is 10.6. The largest absolute Gasteiger partial charge is 0.481 e. The first-order valence-corrected chi connectivity index (χ1v) is 8.37. The Morgan fingerprint density at radius 3 is 2.52 bits per heavy atom. The van der Waals surface area contributed by atoms with E-state index in [4.69, 9.17) is 5.11 Å². The van der Waals surface area contributed by atoms with Crippen LogP contribution in [0.15, 0.2) is 23.1 Å². The standard InChI is InChI=1S/C14H17FN2O5S/c1-8-6-17(7-11(8)14(19)20)23(21,22)10-3-4-12(15)13(5-10)16-9(2)18/h3-5,8,11H,6-7H2,1-2H3,(H,16,18)(H,19,20)/t8-,11-/m1/s1. The first kappa shape index (κ1) is 17.4. The van der Waals surface area contributed by atoms with Crippen LogP contribution in [0.5, 0.6) is 0 Å². The van der Waals surface area contributed by atoms with Gasteiger partial charge >= 0.3 is 5.97 Å². The third-order valence-corrected chi connectivity index (χ3v) is 5.61. The molecule has 1 heterocycles. The Kier molecular flexibility index (Phi) is 4.71. The molecule has 0 unspecified atom stereocenters. The third kappa shape index (κ3) is 3.50. The van der Waals surface area contributed by atoms with Gasteiger partial charge in [-0.15, -0.1) is 0 Å². The molecule has 1 fully saturated rings. The van der Waals surface area contributed by atoms with Gasteiger partial charge in [0.05, 0.1) is 16.5 Å². The molecule has 2 N–H and O–H groups in total. The lowest BCUT2D eigenvalue weighted by atomic mass is 9.99. The number of halogens is 1. The quantitative estimate of drug-likeness (QED) is 0.852. The Bertz CT molecular complexity index is 750. The van der Waals surface area contributed by atoms with Gasteiger partial charge < -0.3 is 10.4 Å². The average molecular weight is 344 g/mol. The van der Waals surface area contributed by atoms with Crippen LogP contribution in [0.25, 0.3) is 0 Å². The van der Waals surface area contributed by atoms with Crippen molar-refractivity contribution in [2.75, 3.05) is 18.4 Å². The number of amides is 1. The van der Waals surface area contributed by atoms with Gasteiger partial charge in [0, 0.05) is 20.0 Å². The molecule has 2 atom stereocenters. The van der Waals surface area contributed by atoms with Crippen LogP contribution in [0.4, 0.5) is 10.1 Å². The Morgan fingerprint density at radius 1 is 1.35 bits per heavy atom. The molecule has 1 aromatic rings. The average Bonchev–Trinajstić information content (AvgIpc) is 2.83. The summed E-state index contributed by atoms with van der Waals surface area (Å²) in [5.74, 6) is -3.43. The topological polar surface area (TPSA) is 104 Å². The molecule has 23 heavy (non-hydrogen) atoms. The number of nitrogens with one attached hydrogen (secondary N) is 1. The van der Waals surface area contributed by atoms with Crippen molar-refractivity contribution in [1.29, 1.82) is 0 Å². The summed E-state index contributed by atoms with van der Waals surface area (Å²) in [6, 6.07) is 3.08. The van der Waals surface area contributed by atoms with Crippen LogP contribution >= 0.6 is 0 Å². The zero-order valence-electron chi connectivity index (χ0n) is 12.6. The van der Waals surface area contributed by atoms with E-state index in [1.807, 2.05) is 0 Å². The van der Waals surface area contributed by atoms with Gasteiger partial charge in [-0.25, -0.2) is 12.8 Å². The number of carboxylic acids is 1. The van der Waals surface area contributed by atoms with Crippen molar-refractivity contribution >= 4 is 27.6 Å². The molecule has 1 saturated heterocycles. The minimum absolute atomic E-state index is 0.0755. The lowest BCUT2D eigenvalue weighted by Crippen LogP contribution is -2.30. The first-order valence-electron chi connectivity index (χ1n) is 6.93. The molecule has 1 aliphatic rings. The number of benzene rings is 1. The Hall–Kier alpha value is -2.00. The van der Waals surface area contributed by atoms with E-state index in [1.54, 1.807) is 6.92 Å². The van der Waals surface area contributed by atoms with Gasteiger partial charge in [-0.2, -0.15) is 4.31 Å². The van der Waals surface area contributed by atoms with Gasteiger partial charge in [0.1, 0.15) is 5.82 Å². The highest BCUT2D eigenvalue weighted by Gasteiger charge is 2.40. The minimum atomic E-state index is -3.96. The van der Waals surface area contributed by atoms with Gasteiger partial charge in [-0.05, 0) is 24.1 Å². The van der Waals surface area contributed by atoms with Crippen LogP contribution in [0, 0.1) is 17.7 Å². The van der Waals surface area contributed by atoms with Gasteiger partial charge in [0.2, 0.25) is 15.9 Å². The number of hydrogen-bond donors (Lipinski definition) is 2. The minimum Gasteiger partial charge on any atom is -0.481 e. The van der Waals surface area contributed by atoms with E-state index in [2.05, 4.69) is 5.32 Å². The van der Waals surface area contributed by atoms with Gasteiger partial charge in [0.25, 0.3) is 0 Å². The molecule has 1 amide bonds. The van der Waals surface area contributed by atoms with E-state index in [9.17, 15) is 22.4 Å². The van der Waals surface area contributed by atoms with Crippen molar-refractivity contribution in [3.05, 3.63) is 24.0 Å². The number of nitrogens with zero attached hydrogens (tertiary/aromatic N) is 1. The third-order valence-electron chi connectivity index (χ3n) is 3.78. The van der Waals surface area contributed by atoms with Crippen molar-refractivity contribution < 1.29 is 27.5 Å². The molecule has 0 spiro atoms. The van der Waals surface area contributed by atoms with Gasteiger partial charge in [-0.1, -0.05) is 6.92 Å². The zero-order valence-corrected chi connectivity index (χ0v) is 13.4. The van der Waals surface area contributed by atoms with E-state index in [-0.39, 0.29) is 29.6 Å². The molecule has 0 radical (unpaired) electrons. The molecule has 0 saturated carbocycles. The maximum absolute atomic E-state index is 13.6. The number of carbonyl (C=O) groups excluding carboxylic acids is 1. The molecule has 1 aliphatic heterocycles. The molecule has 2 rings (SSSR count). The van der Waals surface area contributed by atoms with Crippen LogP contribution in [0.2, 0.25) is 0 Å². The maximum atomic E-state index is 13.6. The predicted molar refractivity (Wildman–Crippen MR) is 79.8 cm³/mol. The highest BCUT2D eigenvalue weighted by molar-refractivity contribution is 7.89. The van der Waals surface area contributed by atoms with Gasteiger partial charge in [-0.3, -0.25) is 9.59 Å². The fraction of sp³-hybridized carbons (Fsp3) is 0.429. The van der Waals surface area contributed by atoms with Crippen LogP contribution in [0.3, 0.4) is 0 Å². The second-order valence-electron chi connectivity index (χ2n) is 5.57. The number of sulfonamides is 1. The van der Waals surface area contributed by atoms with Crippen LogP contribution in [0.1, 0.15) is 13.8 Å². The molecule has 126 valence electrons. The van der Waals surface area contributed by atoms with E-state index in [0.717, 1.165) is 22.5 Å². The highest BCUT2D eigenvalue weighted by atomic mass is 32.2. The zero-order chi connectivity index (χ0) is 17.4. The summed E-state index contributed by atoms with van der Waals surface area (Å²) in [4.78, 5) is 22.0. The summed E-state index contributed by atoms with van der Waals surface area (Å²) in [6.07, 6.45) is 0. The number of carbonyl (C=O) groups is 2. The highest BCUT2D eigenvalue weighted by Crippen LogP contribution is 2.30. The smallest absolute Gasteiger partial charge is 0.308 e. The SMILES string of the molecule is CC(=O)Nc1cc(S(=O)(=O)N2C[C@@H](C)[C@H](C(=O)O)C2)ccc1F. The van der Waals surface area contributed by atoms with Crippen LogP contribution in [-0.2, 0) is 19.6 Å². The fourth-order valence-corrected chi connectivity index (χ4v) is 4.13. The molecule has 0 aromatic heterocycles. The van der Waals surface area contributed by atoms with Crippen molar-refractivity contribution in [3.63, 3.8) is 0 Å². The van der Waals surface area contributed by atoms with E-state index in [0.29, 0.717) is 0 Å². The lowest BCUT2D eigenvalue weighted by molar-refractivity contribution is -0.142. The fourth-order valence-electron chi connectivity index (χ4n) is 2.54. The molecule has 1 aromatic carbocycles. The predicted octanol–water partition coefficient (Wildman–Crippen LogP) is 1.13. The summed E-state index contributed by atoms with van der Waals surface area (Å²) in [6.45, 7) is 2.79. The summed E-state index contributed by atoms with van der Waals surface area (Å²) in [5, 5.41) is 11.3.